The predicted octanol–water partition coefficient (Wildman–Crippen LogP) is 4.73. The number of halogens is 3. The molecule has 0 amide bonds. The quantitative estimate of drug-likeness (QED) is 0.539. The third kappa shape index (κ3) is 4.89. The van der Waals surface area contributed by atoms with Gasteiger partial charge in [0.05, 0.1) is 11.8 Å². The van der Waals surface area contributed by atoms with Crippen molar-refractivity contribution in [3.8, 4) is 11.1 Å². The fourth-order valence-corrected chi connectivity index (χ4v) is 3.90. The number of hydrogen-bond donors (Lipinski definition) is 3. The van der Waals surface area contributed by atoms with Gasteiger partial charge in [-0.1, -0.05) is 12.1 Å². The summed E-state index contributed by atoms with van der Waals surface area (Å²) in [6.45, 7) is 1.87. The van der Waals surface area contributed by atoms with Gasteiger partial charge in [-0.2, -0.15) is 13.2 Å². The number of aromatic nitrogens is 3. The Balaban J connectivity index is 1.57. The van der Waals surface area contributed by atoms with E-state index in [4.69, 9.17) is 0 Å². The summed E-state index contributed by atoms with van der Waals surface area (Å²) in [5, 5.41) is 23.4. The molecule has 0 spiro atoms. The van der Waals surface area contributed by atoms with Crippen LogP contribution in [0.3, 0.4) is 0 Å². The summed E-state index contributed by atoms with van der Waals surface area (Å²) in [5.74, 6) is -0.147. The molecule has 0 aliphatic heterocycles. The maximum absolute atomic E-state index is 12.9. The molecule has 3 aromatic rings. The van der Waals surface area contributed by atoms with E-state index in [-0.39, 0.29) is 12.1 Å². The first-order chi connectivity index (χ1) is 15.1. The number of aliphatic hydroxyl groups excluding tert-OH is 1. The molecule has 1 aliphatic carbocycles. The standard InChI is InChI=1S/C23H23F3N4O2/c1-14-10-16(12-17(11-14)29-21-27-9-6-20(30-21)23(24,25)26)15-2-3-19(28-13-15)22(32)7-4-18(31)5-8-22/h2-3,6,9-13,18,31-32H,4-5,7-8H2,1H3,(H,27,29,30). The van der Waals surface area contributed by atoms with Gasteiger partial charge in [-0.05, 0) is 68.0 Å². The van der Waals surface area contributed by atoms with Crippen LogP contribution in [0.2, 0.25) is 0 Å². The number of nitrogens with zero attached hydrogens (tertiary/aromatic N) is 3. The van der Waals surface area contributed by atoms with Crippen molar-refractivity contribution in [1.29, 1.82) is 0 Å². The number of anilines is 2. The van der Waals surface area contributed by atoms with E-state index >= 15 is 0 Å². The average Bonchev–Trinajstić information content (AvgIpc) is 2.75. The molecule has 1 aliphatic rings. The van der Waals surface area contributed by atoms with Crippen LogP contribution in [0.5, 0.6) is 0 Å². The molecule has 0 atom stereocenters. The summed E-state index contributed by atoms with van der Waals surface area (Å²) in [6.07, 6.45) is -0.232. The molecule has 32 heavy (non-hydrogen) atoms. The second-order valence-corrected chi connectivity index (χ2v) is 8.17. The van der Waals surface area contributed by atoms with Gasteiger partial charge in [0.2, 0.25) is 5.95 Å². The van der Waals surface area contributed by atoms with Gasteiger partial charge < -0.3 is 15.5 Å². The SMILES string of the molecule is Cc1cc(Nc2nccc(C(F)(F)F)n2)cc(-c2ccc(C3(O)CCC(O)CC3)nc2)c1. The highest BCUT2D eigenvalue weighted by atomic mass is 19.4. The number of aliphatic hydroxyl groups is 2. The minimum absolute atomic E-state index is 0.147. The van der Waals surface area contributed by atoms with E-state index in [0.29, 0.717) is 37.1 Å². The van der Waals surface area contributed by atoms with Crippen LogP contribution in [0, 0.1) is 6.92 Å². The van der Waals surface area contributed by atoms with Crippen LogP contribution in [0.4, 0.5) is 24.8 Å². The van der Waals surface area contributed by atoms with Crippen molar-refractivity contribution < 1.29 is 23.4 Å². The van der Waals surface area contributed by atoms with Crippen molar-refractivity contribution >= 4 is 11.6 Å². The van der Waals surface area contributed by atoms with E-state index in [1.807, 2.05) is 19.1 Å². The highest BCUT2D eigenvalue weighted by Crippen LogP contribution is 2.37. The van der Waals surface area contributed by atoms with Crippen molar-refractivity contribution in [2.24, 2.45) is 0 Å². The molecule has 2 aromatic heterocycles. The fourth-order valence-electron chi connectivity index (χ4n) is 3.90. The van der Waals surface area contributed by atoms with Gasteiger partial charge in [0.15, 0.2) is 0 Å². The molecule has 4 rings (SSSR count). The lowest BCUT2D eigenvalue weighted by Gasteiger charge is -2.33. The van der Waals surface area contributed by atoms with Crippen molar-refractivity contribution in [3.63, 3.8) is 0 Å². The third-order valence-corrected chi connectivity index (χ3v) is 5.64. The van der Waals surface area contributed by atoms with E-state index in [0.717, 1.165) is 29.0 Å². The van der Waals surface area contributed by atoms with Crippen LogP contribution in [0.1, 0.15) is 42.6 Å². The molecule has 2 heterocycles. The molecule has 0 unspecified atom stereocenters. The van der Waals surface area contributed by atoms with Gasteiger partial charge in [-0.3, -0.25) is 4.98 Å². The summed E-state index contributed by atoms with van der Waals surface area (Å²) < 4.78 is 38.7. The van der Waals surface area contributed by atoms with Crippen molar-refractivity contribution in [1.82, 2.24) is 15.0 Å². The largest absolute Gasteiger partial charge is 0.433 e. The molecule has 3 N–H and O–H groups in total. The molecular weight excluding hydrogens is 421 g/mol. The van der Waals surface area contributed by atoms with E-state index in [1.165, 1.54) is 0 Å². The Hall–Kier alpha value is -3.04. The monoisotopic (exact) mass is 444 g/mol. The van der Waals surface area contributed by atoms with E-state index in [2.05, 4.69) is 20.3 Å². The zero-order valence-corrected chi connectivity index (χ0v) is 17.4. The van der Waals surface area contributed by atoms with Crippen molar-refractivity contribution in [3.05, 3.63) is 65.7 Å². The normalized spacial score (nSPS) is 21.4. The molecule has 1 fully saturated rings. The molecular formula is C23H23F3N4O2. The molecule has 6 nitrogen and oxygen atoms in total. The second-order valence-electron chi connectivity index (χ2n) is 8.17. The van der Waals surface area contributed by atoms with Gasteiger partial charge in [0, 0.05) is 23.6 Å². The Labute approximate surface area is 183 Å². The average molecular weight is 444 g/mol. The van der Waals surface area contributed by atoms with Crippen LogP contribution >= 0.6 is 0 Å². The van der Waals surface area contributed by atoms with Crippen molar-refractivity contribution in [2.45, 2.75) is 50.5 Å². The predicted molar refractivity (Wildman–Crippen MR) is 113 cm³/mol. The molecule has 1 saturated carbocycles. The smallest absolute Gasteiger partial charge is 0.393 e. The molecule has 0 radical (unpaired) electrons. The van der Waals surface area contributed by atoms with E-state index < -0.39 is 17.5 Å². The second kappa shape index (κ2) is 8.48. The van der Waals surface area contributed by atoms with Gasteiger partial charge in [0.1, 0.15) is 11.3 Å². The first kappa shape index (κ1) is 22.2. The molecule has 0 bridgehead atoms. The molecule has 9 heteroatoms. The Bertz CT molecular complexity index is 1100. The highest BCUT2D eigenvalue weighted by Gasteiger charge is 2.35. The third-order valence-electron chi connectivity index (χ3n) is 5.64. The summed E-state index contributed by atoms with van der Waals surface area (Å²) in [6, 6.07) is 9.94. The number of hydrogen-bond acceptors (Lipinski definition) is 6. The maximum Gasteiger partial charge on any atom is 0.433 e. The fraction of sp³-hybridized carbons (Fsp3) is 0.348. The van der Waals surface area contributed by atoms with Gasteiger partial charge in [-0.25, -0.2) is 9.97 Å². The van der Waals surface area contributed by atoms with Gasteiger partial charge >= 0.3 is 6.18 Å². The lowest BCUT2D eigenvalue weighted by molar-refractivity contribution is -0.141. The minimum Gasteiger partial charge on any atom is -0.393 e. The van der Waals surface area contributed by atoms with Gasteiger partial charge in [0.25, 0.3) is 0 Å². The van der Waals surface area contributed by atoms with Crippen LogP contribution in [-0.2, 0) is 11.8 Å². The molecule has 168 valence electrons. The zero-order valence-electron chi connectivity index (χ0n) is 17.4. The van der Waals surface area contributed by atoms with Gasteiger partial charge in [-0.15, -0.1) is 0 Å². The zero-order chi connectivity index (χ0) is 22.9. The number of nitrogens with one attached hydrogen (secondary N) is 1. The minimum atomic E-state index is -4.55. The van der Waals surface area contributed by atoms with Crippen LogP contribution in [0.25, 0.3) is 11.1 Å². The Morgan fingerprint density at radius 1 is 1.03 bits per heavy atom. The lowest BCUT2D eigenvalue weighted by Crippen LogP contribution is -2.34. The Morgan fingerprint density at radius 3 is 2.44 bits per heavy atom. The first-order valence-electron chi connectivity index (χ1n) is 10.3. The number of benzene rings is 1. The number of aryl methyl sites for hydroxylation is 1. The van der Waals surface area contributed by atoms with Crippen LogP contribution in [0.15, 0.2) is 48.8 Å². The first-order valence-corrected chi connectivity index (χ1v) is 10.3. The van der Waals surface area contributed by atoms with E-state index in [9.17, 15) is 23.4 Å². The van der Waals surface area contributed by atoms with Crippen molar-refractivity contribution in [2.75, 3.05) is 5.32 Å². The van der Waals surface area contributed by atoms with E-state index in [1.54, 1.807) is 24.4 Å². The Kier molecular flexibility index (Phi) is 5.87. The van der Waals surface area contributed by atoms with Crippen LogP contribution < -0.4 is 5.32 Å². The summed E-state index contributed by atoms with van der Waals surface area (Å²) in [5.41, 5.74) is 1.55. The molecule has 0 saturated heterocycles. The molecule has 1 aromatic carbocycles. The lowest BCUT2D eigenvalue weighted by atomic mass is 9.81. The summed E-state index contributed by atoms with van der Waals surface area (Å²) in [4.78, 5) is 11.9. The maximum atomic E-state index is 12.9. The summed E-state index contributed by atoms with van der Waals surface area (Å²) in [7, 11) is 0. The topological polar surface area (TPSA) is 91.2 Å². The number of rotatable bonds is 4. The van der Waals surface area contributed by atoms with Crippen LogP contribution in [-0.4, -0.2) is 31.3 Å². The summed E-state index contributed by atoms with van der Waals surface area (Å²) >= 11 is 0. The Morgan fingerprint density at radius 2 is 1.78 bits per heavy atom. The number of pyridine rings is 1. The number of alkyl halides is 3. The highest BCUT2D eigenvalue weighted by molar-refractivity contribution is 5.70.